The van der Waals surface area contributed by atoms with Crippen molar-refractivity contribution < 1.29 is 9.18 Å². The van der Waals surface area contributed by atoms with E-state index in [-0.39, 0.29) is 18.9 Å². The van der Waals surface area contributed by atoms with Gasteiger partial charge in [-0.3, -0.25) is 9.78 Å². The summed E-state index contributed by atoms with van der Waals surface area (Å²) in [5.41, 5.74) is 1.62. The Morgan fingerprint density at radius 2 is 2.50 bits per heavy atom. The molecule has 0 aliphatic carbocycles. The van der Waals surface area contributed by atoms with E-state index in [4.69, 9.17) is 0 Å². The van der Waals surface area contributed by atoms with E-state index < -0.39 is 12.2 Å². The SMILES string of the molecule is Cc1ccncc1NC(=O)[C@H]1C[C@H](F)CN1. The van der Waals surface area contributed by atoms with Crippen molar-refractivity contribution in [2.45, 2.75) is 25.6 Å². The standard InChI is InChI=1S/C11H14FN3O/c1-7-2-3-13-6-10(7)15-11(16)9-4-8(12)5-14-9/h2-3,6,8-9,14H,4-5H2,1H3,(H,15,16)/t8-,9+/m0/s1. The van der Waals surface area contributed by atoms with E-state index in [2.05, 4.69) is 15.6 Å². The highest BCUT2D eigenvalue weighted by molar-refractivity contribution is 5.95. The molecule has 2 N–H and O–H groups in total. The number of carbonyl (C=O) groups excluding carboxylic acids is 1. The van der Waals surface area contributed by atoms with Gasteiger partial charge in [0.25, 0.3) is 0 Å². The minimum absolute atomic E-state index is 0.198. The van der Waals surface area contributed by atoms with Crippen LogP contribution in [-0.2, 0) is 4.79 Å². The molecule has 86 valence electrons. The lowest BCUT2D eigenvalue weighted by atomic mass is 10.2. The Labute approximate surface area is 93.3 Å². The number of hydrogen-bond donors (Lipinski definition) is 2. The van der Waals surface area contributed by atoms with Crippen molar-refractivity contribution in [3.8, 4) is 0 Å². The van der Waals surface area contributed by atoms with Crippen LogP contribution in [-0.4, -0.2) is 29.6 Å². The van der Waals surface area contributed by atoms with E-state index in [1.165, 1.54) is 0 Å². The van der Waals surface area contributed by atoms with E-state index in [0.717, 1.165) is 5.56 Å². The van der Waals surface area contributed by atoms with Crippen LogP contribution in [0.5, 0.6) is 0 Å². The van der Waals surface area contributed by atoms with Crippen molar-refractivity contribution in [1.29, 1.82) is 0 Å². The van der Waals surface area contributed by atoms with Crippen molar-refractivity contribution in [2.75, 3.05) is 11.9 Å². The van der Waals surface area contributed by atoms with Gasteiger partial charge in [0.1, 0.15) is 6.17 Å². The first kappa shape index (κ1) is 11.0. The number of hydrogen-bond acceptors (Lipinski definition) is 3. The zero-order chi connectivity index (χ0) is 11.5. The molecule has 2 rings (SSSR count). The Morgan fingerprint density at radius 3 is 3.12 bits per heavy atom. The highest BCUT2D eigenvalue weighted by Gasteiger charge is 2.29. The van der Waals surface area contributed by atoms with Crippen LogP contribution >= 0.6 is 0 Å². The Hall–Kier alpha value is -1.49. The smallest absolute Gasteiger partial charge is 0.241 e. The van der Waals surface area contributed by atoms with Gasteiger partial charge in [-0.25, -0.2) is 4.39 Å². The molecule has 5 heteroatoms. The third-order valence-electron chi connectivity index (χ3n) is 2.69. The van der Waals surface area contributed by atoms with Crippen LogP contribution < -0.4 is 10.6 Å². The predicted octanol–water partition coefficient (Wildman–Crippen LogP) is 1.03. The van der Waals surface area contributed by atoms with Gasteiger partial charge in [-0.1, -0.05) is 0 Å². The van der Waals surface area contributed by atoms with E-state index in [1.807, 2.05) is 13.0 Å². The molecule has 2 atom stereocenters. The summed E-state index contributed by atoms with van der Waals surface area (Å²) in [5.74, 6) is -0.198. The number of carbonyl (C=O) groups is 1. The van der Waals surface area contributed by atoms with Crippen LogP contribution in [0.4, 0.5) is 10.1 Å². The average Bonchev–Trinajstić information content (AvgIpc) is 2.68. The summed E-state index contributed by atoms with van der Waals surface area (Å²) in [4.78, 5) is 15.7. The summed E-state index contributed by atoms with van der Waals surface area (Å²) in [5, 5.41) is 5.58. The lowest BCUT2D eigenvalue weighted by molar-refractivity contribution is -0.117. The van der Waals surface area contributed by atoms with Crippen molar-refractivity contribution >= 4 is 11.6 Å². The van der Waals surface area contributed by atoms with Gasteiger partial charge in [-0.15, -0.1) is 0 Å². The van der Waals surface area contributed by atoms with Crippen LogP contribution in [0, 0.1) is 6.92 Å². The third-order valence-corrected chi connectivity index (χ3v) is 2.69. The monoisotopic (exact) mass is 223 g/mol. The number of rotatable bonds is 2. The van der Waals surface area contributed by atoms with Gasteiger partial charge in [0, 0.05) is 19.2 Å². The second kappa shape index (κ2) is 4.57. The molecule has 1 aliphatic heterocycles. The summed E-state index contributed by atoms with van der Waals surface area (Å²) in [6.45, 7) is 2.14. The number of aryl methyl sites for hydroxylation is 1. The molecular formula is C11H14FN3O. The number of nitrogens with zero attached hydrogens (tertiary/aromatic N) is 1. The molecule has 4 nitrogen and oxygen atoms in total. The Bertz CT molecular complexity index is 397. The first-order chi connectivity index (χ1) is 7.66. The van der Waals surface area contributed by atoms with Crippen molar-refractivity contribution in [1.82, 2.24) is 10.3 Å². The zero-order valence-electron chi connectivity index (χ0n) is 9.03. The van der Waals surface area contributed by atoms with Crippen LogP contribution in [0.3, 0.4) is 0 Å². The maximum Gasteiger partial charge on any atom is 0.241 e. The molecule has 16 heavy (non-hydrogen) atoms. The minimum Gasteiger partial charge on any atom is -0.323 e. The number of nitrogens with one attached hydrogen (secondary N) is 2. The molecule has 2 heterocycles. The number of anilines is 1. The molecule has 1 fully saturated rings. The molecule has 0 saturated carbocycles. The highest BCUT2D eigenvalue weighted by Crippen LogP contribution is 2.15. The molecule has 0 aromatic carbocycles. The zero-order valence-corrected chi connectivity index (χ0v) is 9.03. The van der Waals surface area contributed by atoms with Gasteiger partial charge in [0.2, 0.25) is 5.91 Å². The van der Waals surface area contributed by atoms with Gasteiger partial charge in [-0.05, 0) is 18.6 Å². The highest BCUT2D eigenvalue weighted by atomic mass is 19.1. The Kier molecular flexibility index (Phi) is 3.14. The lowest BCUT2D eigenvalue weighted by Gasteiger charge is -2.11. The molecule has 0 spiro atoms. The predicted molar refractivity (Wildman–Crippen MR) is 58.9 cm³/mol. The van der Waals surface area contributed by atoms with E-state index >= 15 is 0 Å². The van der Waals surface area contributed by atoms with Gasteiger partial charge in [-0.2, -0.15) is 0 Å². The first-order valence-corrected chi connectivity index (χ1v) is 5.26. The summed E-state index contributed by atoms with van der Waals surface area (Å²) < 4.78 is 12.9. The van der Waals surface area contributed by atoms with Crippen LogP contribution in [0.25, 0.3) is 0 Å². The van der Waals surface area contributed by atoms with Gasteiger partial charge in [0.15, 0.2) is 0 Å². The maximum absolute atomic E-state index is 12.9. The lowest BCUT2D eigenvalue weighted by Crippen LogP contribution is -2.35. The number of halogens is 1. The second-order valence-electron chi connectivity index (χ2n) is 3.97. The first-order valence-electron chi connectivity index (χ1n) is 5.26. The van der Waals surface area contributed by atoms with Gasteiger partial charge < -0.3 is 10.6 Å². The Balaban J connectivity index is 2.00. The fraction of sp³-hybridized carbons (Fsp3) is 0.455. The molecule has 0 unspecified atom stereocenters. The summed E-state index contributed by atoms with van der Waals surface area (Å²) >= 11 is 0. The summed E-state index contributed by atoms with van der Waals surface area (Å²) in [6.07, 6.45) is 2.57. The molecule has 1 aromatic heterocycles. The molecule has 0 bridgehead atoms. The Morgan fingerprint density at radius 1 is 1.69 bits per heavy atom. The van der Waals surface area contributed by atoms with Crippen molar-refractivity contribution in [2.24, 2.45) is 0 Å². The van der Waals surface area contributed by atoms with Gasteiger partial charge in [0.05, 0.1) is 17.9 Å². The second-order valence-corrected chi connectivity index (χ2v) is 3.97. The third kappa shape index (κ3) is 2.36. The van der Waals surface area contributed by atoms with Crippen molar-refractivity contribution in [3.05, 3.63) is 24.0 Å². The summed E-state index contributed by atoms with van der Waals surface area (Å²) in [7, 11) is 0. The molecule has 1 amide bonds. The van der Waals surface area contributed by atoms with E-state index in [1.54, 1.807) is 12.4 Å². The number of aromatic nitrogens is 1. The van der Waals surface area contributed by atoms with Crippen LogP contribution in [0.15, 0.2) is 18.5 Å². The average molecular weight is 223 g/mol. The van der Waals surface area contributed by atoms with Gasteiger partial charge >= 0.3 is 0 Å². The van der Waals surface area contributed by atoms with Crippen molar-refractivity contribution in [3.63, 3.8) is 0 Å². The summed E-state index contributed by atoms with van der Waals surface area (Å²) in [6, 6.07) is 1.38. The van der Waals surface area contributed by atoms with Crippen LogP contribution in [0.2, 0.25) is 0 Å². The quantitative estimate of drug-likeness (QED) is 0.787. The normalized spacial score (nSPS) is 24.4. The fourth-order valence-electron chi connectivity index (χ4n) is 1.71. The molecular weight excluding hydrogens is 209 g/mol. The van der Waals surface area contributed by atoms with Crippen LogP contribution in [0.1, 0.15) is 12.0 Å². The topological polar surface area (TPSA) is 54.0 Å². The van der Waals surface area contributed by atoms with E-state index in [0.29, 0.717) is 5.69 Å². The molecule has 0 radical (unpaired) electrons. The molecule has 1 aliphatic rings. The molecule has 1 saturated heterocycles. The largest absolute Gasteiger partial charge is 0.323 e. The van der Waals surface area contributed by atoms with E-state index in [9.17, 15) is 9.18 Å². The maximum atomic E-state index is 12.9. The molecule has 1 aromatic rings. The fourth-order valence-corrected chi connectivity index (χ4v) is 1.71. The minimum atomic E-state index is -0.925. The number of alkyl halides is 1. The number of amides is 1. The number of pyridine rings is 1.